The highest BCUT2D eigenvalue weighted by molar-refractivity contribution is 6.22. The Morgan fingerprint density at radius 1 is 1.04 bits per heavy atom. The Balaban J connectivity index is 2.37. The van der Waals surface area contributed by atoms with Crippen LogP contribution in [0.2, 0.25) is 0 Å². The molecule has 0 bridgehead atoms. The van der Waals surface area contributed by atoms with Crippen LogP contribution in [-0.2, 0) is 4.79 Å². The van der Waals surface area contributed by atoms with Crippen molar-refractivity contribution in [2.75, 3.05) is 26.3 Å². The normalized spacial score (nSPS) is 15.0. The van der Waals surface area contributed by atoms with Crippen LogP contribution in [0.15, 0.2) is 24.3 Å². The topological polar surface area (TPSA) is 98.2 Å². The number of amides is 3. The zero-order valence-electron chi connectivity index (χ0n) is 13.8. The van der Waals surface area contributed by atoms with Crippen LogP contribution >= 0.6 is 0 Å². The van der Waals surface area contributed by atoms with Crippen LogP contribution < -0.4 is 0 Å². The maximum Gasteiger partial charge on any atom is 0.262 e. The summed E-state index contributed by atoms with van der Waals surface area (Å²) in [5, 5.41) is 18.2. The number of hydrogen-bond acceptors (Lipinski definition) is 5. The first-order chi connectivity index (χ1) is 11.4. The van der Waals surface area contributed by atoms with Gasteiger partial charge in [-0.1, -0.05) is 26.0 Å². The lowest BCUT2D eigenvalue weighted by atomic mass is 10.0. The van der Waals surface area contributed by atoms with Crippen LogP contribution in [0.3, 0.4) is 0 Å². The minimum atomic E-state index is -0.976. The predicted molar refractivity (Wildman–Crippen MR) is 86.3 cm³/mol. The van der Waals surface area contributed by atoms with E-state index in [1.807, 2.05) is 0 Å². The van der Waals surface area contributed by atoms with E-state index in [1.54, 1.807) is 38.1 Å². The van der Waals surface area contributed by atoms with Crippen LogP contribution in [0, 0.1) is 5.92 Å². The molecular weight excluding hydrogens is 312 g/mol. The number of benzene rings is 1. The zero-order chi connectivity index (χ0) is 17.9. The molecule has 7 nitrogen and oxygen atoms in total. The first kappa shape index (κ1) is 18.1. The molecule has 0 aromatic heterocycles. The Labute approximate surface area is 140 Å². The van der Waals surface area contributed by atoms with Gasteiger partial charge in [-0.3, -0.25) is 19.3 Å². The van der Waals surface area contributed by atoms with Gasteiger partial charge < -0.3 is 15.1 Å². The molecule has 1 aliphatic rings. The van der Waals surface area contributed by atoms with E-state index in [1.165, 1.54) is 4.90 Å². The lowest BCUT2D eigenvalue weighted by Gasteiger charge is -2.33. The maximum absolute atomic E-state index is 12.9. The van der Waals surface area contributed by atoms with Crippen LogP contribution in [0.4, 0.5) is 0 Å². The Morgan fingerprint density at radius 2 is 1.50 bits per heavy atom. The van der Waals surface area contributed by atoms with E-state index in [-0.39, 0.29) is 43.3 Å². The van der Waals surface area contributed by atoms with Gasteiger partial charge in [-0.25, -0.2) is 0 Å². The number of fused-ring (bicyclic) bond motifs is 1. The molecule has 0 unspecified atom stereocenters. The molecule has 0 saturated heterocycles. The first-order valence-electron chi connectivity index (χ1n) is 7.91. The molecule has 24 heavy (non-hydrogen) atoms. The third kappa shape index (κ3) is 3.18. The summed E-state index contributed by atoms with van der Waals surface area (Å²) in [6, 6.07) is 5.50. The molecule has 0 fully saturated rings. The molecule has 0 saturated carbocycles. The summed E-state index contributed by atoms with van der Waals surface area (Å²) in [6.07, 6.45) is 0. The summed E-state index contributed by atoms with van der Waals surface area (Å²) in [5.74, 6) is -1.74. The van der Waals surface area contributed by atoms with E-state index in [0.29, 0.717) is 0 Å². The fraction of sp³-hybridized carbons (Fsp3) is 0.471. The Kier molecular flexibility index (Phi) is 5.69. The number of carbonyl (C=O) groups excluding carboxylic acids is 3. The molecule has 130 valence electrons. The number of carbonyl (C=O) groups is 3. The van der Waals surface area contributed by atoms with Gasteiger partial charge in [0.1, 0.15) is 6.04 Å². The van der Waals surface area contributed by atoms with Crippen molar-refractivity contribution in [2.24, 2.45) is 5.92 Å². The number of aliphatic hydroxyl groups is 2. The lowest BCUT2D eigenvalue weighted by Crippen LogP contribution is -2.54. The van der Waals surface area contributed by atoms with Gasteiger partial charge in [-0.05, 0) is 18.1 Å². The average Bonchev–Trinajstić information content (AvgIpc) is 2.80. The maximum atomic E-state index is 12.9. The molecule has 0 radical (unpaired) electrons. The van der Waals surface area contributed by atoms with Gasteiger partial charge >= 0.3 is 0 Å². The van der Waals surface area contributed by atoms with Crippen molar-refractivity contribution >= 4 is 17.7 Å². The highest BCUT2D eigenvalue weighted by Gasteiger charge is 2.44. The van der Waals surface area contributed by atoms with Crippen molar-refractivity contribution < 1.29 is 24.6 Å². The second-order valence-electron chi connectivity index (χ2n) is 5.99. The molecule has 1 aliphatic heterocycles. The minimum Gasteiger partial charge on any atom is -0.395 e. The summed E-state index contributed by atoms with van der Waals surface area (Å²) in [5.41, 5.74) is 0.577. The third-order valence-corrected chi connectivity index (χ3v) is 4.04. The van der Waals surface area contributed by atoms with E-state index in [0.717, 1.165) is 4.90 Å². The van der Waals surface area contributed by atoms with Crippen molar-refractivity contribution in [2.45, 2.75) is 19.9 Å². The summed E-state index contributed by atoms with van der Waals surface area (Å²) in [4.78, 5) is 40.4. The highest BCUT2D eigenvalue weighted by Crippen LogP contribution is 2.28. The second-order valence-corrected chi connectivity index (χ2v) is 5.99. The summed E-state index contributed by atoms with van der Waals surface area (Å²) >= 11 is 0. The van der Waals surface area contributed by atoms with E-state index in [4.69, 9.17) is 10.2 Å². The van der Waals surface area contributed by atoms with Crippen molar-refractivity contribution in [3.8, 4) is 0 Å². The molecular formula is C17H22N2O5. The smallest absolute Gasteiger partial charge is 0.262 e. The second kappa shape index (κ2) is 7.55. The molecule has 1 atom stereocenters. The highest BCUT2D eigenvalue weighted by atomic mass is 16.3. The number of hydrogen-bond donors (Lipinski definition) is 2. The molecule has 2 rings (SSSR count). The largest absolute Gasteiger partial charge is 0.395 e. The van der Waals surface area contributed by atoms with Crippen LogP contribution in [0.1, 0.15) is 34.6 Å². The molecule has 0 aliphatic carbocycles. The van der Waals surface area contributed by atoms with E-state index >= 15 is 0 Å². The van der Waals surface area contributed by atoms with Gasteiger partial charge in [0.15, 0.2) is 0 Å². The zero-order valence-corrected chi connectivity index (χ0v) is 13.8. The number of nitrogens with zero attached hydrogens (tertiary/aromatic N) is 2. The minimum absolute atomic E-state index is 0.0335. The Bertz CT molecular complexity index is 603. The summed E-state index contributed by atoms with van der Waals surface area (Å²) < 4.78 is 0. The van der Waals surface area contributed by atoms with Gasteiger partial charge in [0.2, 0.25) is 5.91 Å². The van der Waals surface area contributed by atoms with Crippen LogP contribution in [0.5, 0.6) is 0 Å². The first-order valence-corrected chi connectivity index (χ1v) is 7.91. The molecule has 1 aromatic rings. The third-order valence-electron chi connectivity index (χ3n) is 4.04. The summed E-state index contributed by atoms with van der Waals surface area (Å²) in [7, 11) is 0. The van der Waals surface area contributed by atoms with E-state index < -0.39 is 23.8 Å². The quantitative estimate of drug-likeness (QED) is 0.690. The Hall–Kier alpha value is -2.25. The monoisotopic (exact) mass is 334 g/mol. The van der Waals surface area contributed by atoms with Crippen molar-refractivity contribution in [1.29, 1.82) is 0 Å². The van der Waals surface area contributed by atoms with E-state index in [2.05, 4.69) is 0 Å². The molecule has 3 amide bonds. The molecule has 2 N–H and O–H groups in total. The van der Waals surface area contributed by atoms with Gasteiger partial charge in [-0.2, -0.15) is 0 Å². The molecule has 0 spiro atoms. The molecule has 7 heteroatoms. The molecule has 1 aromatic carbocycles. The number of rotatable bonds is 7. The Morgan fingerprint density at radius 3 is 1.88 bits per heavy atom. The molecule has 1 heterocycles. The van der Waals surface area contributed by atoms with E-state index in [9.17, 15) is 14.4 Å². The fourth-order valence-electron chi connectivity index (χ4n) is 2.91. The van der Waals surface area contributed by atoms with Gasteiger partial charge in [0.05, 0.1) is 24.3 Å². The van der Waals surface area contributed by atoms with Crippen molar-refractivity contribution in [3.63, 3.8) is 0 Å². The number of aliphatic hydroxyl groups excluding tert-OH is 2. The van der Waals surface area contributed by atoms with Crippen molar-refractivity contribution in [3.05, 3.63) is 35.4 Å². The lowest BCUT2D eigenvalue weighted by molar-refractivity contribution is -0.137. The fourth-order valence-corrected chi connectivity index (χ4v) is 2.91. The van der Waals surface area contributed by atoms with Crippen molar-refractivity contribution in [1.82, 2.24) is 9.80 Å². The van der Waals surface area contributed by atoms with Crippen LogP contribution in [0.25, 0.3) is 0 Å². The SMILES string of the molecule is CC(C)[C@@H](C(=O)N(CCO)CCO)N1C(=O)c2ccccc2C1=O. The van der Waals surface area contributed by atoms with Crippen LogP contribution in [-0.4, -0.2) is 70.1 Å². The standard InChI is InChI=1S/C17H22N2O5/c1-11(2)14(17(24)18(7-9-20)8-10-21)19-15(22)12-5-3-4-6-13(12)16(19)23/h3-6,11,14,20-21H,7-10H2,1-2H3/t14-/m0/s1. The predicted octanol–water partition coefficient (Wildman–Crippen LogP) is 0.120. The average molecular weight is 334 g/mol. The van der Waals surface area contributed by atoms with Gasteiger partial charge in [-0.15, -0.1) is 0 Å². The summed E-state index contributed by atoms with van der Waals surface area (Å²) in [6.45, 7) is 3.04. The van der Waals surface area contributed by atoms with Gasteiger partial charge in [0.25, 0.3) is 11.8 Å². The number of imide groups is 1. The van der Waals surface area contributed by atoms with Gasteiger partial charge in [0, 0.05) is 13.1 Å².